The first-order valence-electron chi connectivity index (χ1n) is 4.81. The molecule has 2 heterocycles. The maximum absolute atomic E-state index is 5.85. The number of anilines is 1. The molecular formula is C10H13N5O. The molecule has 16 heavy (non-hydrogen) atoms. The quantitative estimate of drug-likeness (QED) is 0.810. The van der Waals surface area contributed by atoms with E-state index in [1.165, 1.54) is 6.33 Å². The van der Waals surface area contributed by atoms with Gasteiger partial charge in [-0.2, -0.15) is 5.10 Å². The van der Waals surface area contributed by atoms with Gasteiger partial charge in [0.1, 0.15) is 6.33 Å². The first-order valence-corrected chi connectivity index (χ1v) is 4.81. The third-order valence-electron chi connectivity index (χ3n) is 2.40. The van der Waals surface area contributed by atoms with Gasteiger partial charge in [-0.15, -0.1) is 0 Å². The molecule has 6 heteroatoms. The number of ether oxygens (including phenoxy) is 1. The van der Waals surface area contributed by atoms with Crippen molar-refractivity contribution in [1.29, 1.82) is 0 Å². The number of methoxy groups -OCH3 is 1. The van der Waals surface area contributed by atoms with Crippen LogP contribution in [0.1, 0.15) is 11.4 Å². The molecule has 0 atom stereocenters. The van der Waals surface area contributed by atoms with Gasteiger partial charge in [-0.1, -0.05) is 0 Å². The third kappa shape index (κ3) is 1.58. The number of hydrogen-bond acceptors (Lipinski definition) is 5. The summed E-state index contributed by atoms with van der Waals surface area (Å²) in [6.07, 6.45) is 1.43. The minimum atomic E-state index is 0.496. The predicted octanol–water partition coefficient (Wildman–Crippen LogP) is 0.870. The minimum absolute atomic E-state index is 0.496. The highest BCUT2D eigenvalue weighted by molar-refractivity contribution is 5.49. The van der Waals surface area contributed by atoms with Crippen molar-refractivity contribution in [2.45, 2.75) is 13.8 Å². The van der Waals surface area contributed by atoms with Crippen molar-refractivity contribution in [3.63, 3.8) is 0 Å². The van der Waals surface area contributed by atoms with Crippen LogP contribution in [-0.2, 0) is 0 Å². The van der Waals surface area contributed by atoms with Crippen LogP contribution in [0.5, 0.6) is 5.88 Å². The van der Waals surface area contributed by atoms with E-state index in [4.69, 9.17) is 10.5 Å². The van der Waals surface area contributed by atoms with E-state index in [2.05, 4.69) is 15.1 Å². The molecule has 0 saturated heterocycles. The molecule has 2 N–H and O–H groups in total. The zero-order valence-corrected chi connectivity index (χ0v) is 9.43. The number of nitrogens with zero attached hydrogens (tertiary/aromatic N) is 4. The third-order valence-corrected chi connectivity index (χ3v) is 2.40. The molecule has 0 aliphatic rings. The Kier molecular flexibility index (Phi) is 2.47. The summed E-state index contributed by atoms with van der Waals surface area (Å²) in [5.41, 5.74) is 8.18. The predicted molar refractivity (Wildman–Crippen MR) is 59.6 cm³/mol. The van der Waals surface area contributed by atoms with Gasteiger partial charge in [0, 0.05) is 6.07 Å². The summed E-state index contributed by atoms with van der Waals surface area (Å²) in [6, 6.07) is 1.71. The fourth-order valence-corrected chi connectivity index (χ4v) is 1.44. The second-order valence-corrected chi connectivity index (χ2v) is 3.41. The molecule has 6 nitrogen and oxygen atoms in total. The van der Waals surface area contributed by atoms with E-state index in [0.717, 1.165) is 11.4 Å². The van der Waals surface area contributed by atoms with Crippen LogP contribution in [0.25, 0.3) is 5.82 Å². The Labute approximate surface area is 93.1 Å². The molecule has 0 spiro atoms. The van der Waals surface area contributed by atoms with Crippen molar-refractivity contribution in [3.8, 4) is 11.7 Å². The fourth-order valence-electron chi connectivity index (χ4n) is 1.44. The summed E-state index contributed by atoms with van der Waals surface area (Å²) in [6.45, 7) is 3.75. The van der Waals surface area contributed by atoms with Gasteiger partial charge >= 0.3 is 0 Å². The van der Waals surface area contributed by atoms with Gasteiger partial charge in [0.15, 0.2) is 5.82 Å². The molecule has 2 aromatic rings. The zero-order valence-electron chi connectivity index (χ0n) is 9.43. The molecule has 0 aliphatic heterocycles. The highest BCUT2D eigenvalue weighted by Gasteiger charge is 2.11. The van der Waals surface area contributed by atoms with Crippen LogP contribution in [0, 0.1) is 13.8 Å². The lowest BCUT2D eigenvalue weighted by atomic mass is 10.3. The summed E-state index contributed by atoms with van der Waals surface area (Å²) >= 11 is 0. The Balaban J connectivity index is 2.54. The van der Waals surface area contributed by atoms with Gasteiger partial charge in [-0.05, 0) is 13.8 Å². The monoisotopic (exact) mass is 219 g/mol. The number of aromatic nitrogens is 4. The molecule has 2 rings (SSSR count). The number of rotatable bonds is 2. The topological polar surface area (TPSA) is 78.9 Å². The average Bonchev–Trinajstić information content (AvgIpc) is 2.57. The zero-order chi connectivity index (χ0) is 11.7. The molecule has 0 saturated carbocycles. The molecule has 84 valence electrons. The average molecular weight is 219 g/mol. The molecule has 0 aliphatic carbocycles. The smallest absolute Gasteiger partial charge is 0.218 e. The fraction of sp³-hybridized carbons (Fsp3) is 0.300. The Morgan fingerprint density at radius 1 is 1.31 bits per heavy atom. The van der Waals surface area contributed by atoms with Crippen LogP contribution in [0.4, 0.5) is 5.69 Å². The summed E-state index contributed by atoms with van der Waals surface area (Å²) in [4.78, 5) is 8.06. The van der Waals surface area contributed by atoms with Crippen LogP contribution in [0.3, 0.4) is 0 Å². The number of hydrogen-bond donors (Lipinski definition) is 1. The second kappa shape index (κ2) is 3.80. The first kappa shape index (κ1) is 10.4. The lowest BCUT2D eigenvalue weighted by Crippen LogP contribution is -2.03. The van der Waals surface area contributed by atoms with Crippen molar-refractivity contribution in [2.75, 3.05) is 12.8 Å². The van der Waals surface area contributed by atoms with Crippen LogP contribution < -0.4 is 10.5 Å². The number of aryl methyl sites for hydroxylation is 1. The van der Waals surface area contributed by atoms with E-state index in [0.29, 0.717) is 17.4 Å². The highest BCUT2D eigenvalue weighted by Crippen LogP contribution is 2.19. The largest absolute Gasteiger partial charge is 0.481 e. The minimum Gasteiger partial charge on any atom is -0.481 e. The van der Waals surface area contributed by atoms with Crippen molar-refractivity contribution in [3.05, 3.63) is 23.8 Å². The van der Waals surface area contributed by atoms with Gasteiger partial charge in [-0.3, -0.25) is 0 Å². The van der Waals surface area contributed by atoms with E-state index in [1.807, 2.05) is 13.8 Å². The van der Waals surface area contributed by atoms with Gasteiger partial charge in [0.05, 0.1) is 24.2 Å². The molecule has 0 unspecified atom stereocenters. The van der Waals surface area contributed by atoms with Crippen LogP contribution in [0.15, 0.2) is 12.4 Å². The molecular weight excluding hydrogens is 206 g/mol. The molecule has 0 aromatic carbocycles. The number of nitrogens with two attached hydrogens (primary N) is 1. The Hall–Kier alpha value is -2.11. The SMILES string of the molecule is COc1cc(-n2nc(C)c(N)c2C)ncn1. The Bertz CT molecular complexity index is 520. The Morgan fingerprint density at radius 2 is 2.06 bits per heavy atom. The van der Waals surface area contributed by atoms with E-state index in [9.17, 15) is 0 Å². The van der Waals surface area contributed by atoms with Crippen LogP contribution in [0.2, 0.25) is 0 Å². The highest BCUT2D eigenvalue weighted by atomic mass is 16.5. The summed E-state index contributed by atoms with van der Waals surface area (Å²) in [5.74, 6) is 1.14. The normalized spacial score (nSPS) is 10.4. The lowest BCUT2D eigenvalue weighted by Gasteiger charge is -2.04. The van der Waals surface area contributed by atoms with Gasteiger partial charge < -0.3 is 10.5 Å². The first-order chi connectivity index (χ1) is 7.63. The lowest BCUT2D eigenvalue weighted by molar-refractivity contribution is 0.396. The molecule has 0 fully saturated rings. The van der Waals surface area contributed by atoms with E-state index in [1.54, 1.807) is 17.9 Å². The maximum atomic E-state index is 5.85. The molecule has 0 radical (unpaired) electrons. The van der Waals surface area contributed by atoms with Gasteiger partial charge in [0.25, 0.3) is 0 Å². The maximum Gasteiger partial charge on any atom is 0.218 e. The molecule has 0 amide bonds. The van der Waals surface area contributed by atoms with Gasteiger partial charge in [-0.25, -0.2) is 14.6 Å². The van der Waals surface area contributed by atoms with E-state index in [-0.39, 0.29) is 0 Å². The second-order valence-electron chi connectivity index (χ2n) is 3.41. The standard InChI is InChI=1S/C10H13N5O/c1-6-10(11)7(2)15(14-6)8-4-9(16-3)13-5-12-8/h4-5H,11H2,1-3H3. The van der Waals surface area contributed by atoms with Crippen molar-refractivity contribution in [1.82, 2.24) is 19.7 Å². The van der Waals surface area contributed by atoms with Crippen LogP contribution in [-0.4, -0.2) is 26.9 Å². The van der Waals surface area contributed by atoms with Crippen molar-refractivity contribution >= 4 is 5.69 Å². The van der Waals surface area contributed by atoms with Crippen LogP contribution >= 0.6 is 0 Å². The van der Waals surface area contributed by atoms with E-state index < -0.39 is 0 Å². The summed E-state index contributed by atoms with van der Waals surface area (Å²) < 4.78 is 6.71. The number of nitrogen functional groups attached to an aromatic ring is 1. The summed E-state index contributed by atoms with van der Waals surface area (Å²) in [7, 11) is 1.56. The van der Waals surface area contributed by atoms with Crippen molar-refractivity contribution in [2.24, 2.45) is 0 Å². The molecule has 2 aromatic heterocycles. The Morgan fingerprint density at radius 3 is 2.62 bits per heavy atom. The van der Waals surface area contributed by atoms with E-state index >= 15 is 0 Å². The molecule has 0 bridgehead atoms. The summed E-state index contributed by atoms with van der Waals surface area (Å²) in [5, 5.41) is 4.30. The van der Waals surface area contributed by atoms with Gasteiger partial charge in [0.2, 0.25) is 5.88 Å². The van der Waals surface area contributed by atoms with Crippen molar-refractivity contribution < 1.29 is 4.74 Å².